The van der Waals surface area contributed by atoms with Gasteiger partial charge in [0.1, 0.15) is 5.82 Å². The molecule has 0 atom stereocenters. The molecule has 0 spiro atoms. The number of pyridine rings is 1. The van der Waals surface area contributed by atoms with Crippen molar-refractivity contribution < 1.29 is 13.2 Å². The highest BCUT2D eigenvalue weighted by atomic mass is 19.3. The molecule has 0 aliphatic carbocycles. The molecule has 0 fully saturated rings. The molecule has 27 heavy (non-hydrogen) atoms. The molecule has 0 radical (unpaired) electrons. The molecule has 5 rings (SSSR count). The topological polar surface area (TPSA) is 29.9 Å². The molecule has 0 saturated heterocycles. The molecule has 2 aromatic heterocycles. The van der Waals surface area contributed by atoms with Crippen molar-refractivity contribution in [3.8, 4) is 11.1 Å². The zero-order chi connectivity index (χ0) is 18.5. The molecule has 0 bridgehead atoms. The number of halogens is 3. The average Bonchev–Trinajstić information content (AvgIpc) is 3.02. The van der Waals surface area contributed by atoms with Crippen LogP contribution in [-0.4, -0.2) is 16.1 Å². The number of anilines is 1. The molecular weight excluding hydrogens is 351 g/mol. The van der Waals surface area contributed by atoms with Crippen LogP contribution in [0.5, 0.6) is 0 Å². The van der Waals surface area contributed by atoms with Crippen LogP contribution in [0.3, 0.4) is 0 Å². The van der Waals surface area contributed by atoms with Gasteiger partial charge >= 0.3 is 6.55 Å². The highest BCUT2D eigenvalue weighted by Crippen LogP contribution is 2.36. The summed E-state index contributed by atoms with van der Waals surface area (Å²) < 4.78 is 43.0. The van der Waals surface area contributed by atoms with Gasteiger partial charge in [-0.2, -0.15) is 8.78 Å². The lowest BCUT2D eigenvalue weighted by Crippen LogP contribution is -2.13. The van der Waals surface area contributed by atoms with Crippen molar-refractivity contribution >= 4 is 27.5 Å². The Morgan fingerprint density at radius 1 is 1.00 bits per heavy atom. The maximum absolute atomic E-state index is 14.5. The second-order valence-electron chi connectivity index (χ2n) is 6.79. The number of fused-ring (bicyclic) bond motifs is 4. The summed E-state index contributed by atoms with van der Waals surface area (Å²) >= 11 is 0. The van der Waals surface area contributed by atoms with Gasteiger partial charge in [-0.25, -0.2) is 4.39 Å². The van der Waals surface area contributed by atoms with Crippen LogP contribution in [-0.2, 0) is 6.42 Å². The molecule has 0 unspecified atom stereocenters. The maximum Gasteiger partial charge on any atom is 0.319 e. The molecule has 3 nitrogen and oxygen atoms in total. The van der Waals surface area contributed by atoms with E-state index in [1.807, 2.05) is 18.2 Å². The van der Waals surface area contributed by atoms with E-state index in [9.17, 15) is 13.2 Å². The van der Waals surface area contributed by atoms with Crippen molar-refractivity contribution in [2.75, 3.05) is 11.9 Å². The van der Waals surface area contributed by atoms with Crippen LogP contribution in [0.2, 0.25) is 0 Å². The lowest BCUT2D eigenvalue weighted by atomic mass is 9.96. The van der Waals surface area contributed by atoms with Crippen LogP contribution in [0.4, 0.5) is 18.9 Å². The highest BCUT2D eigenvalue weighted by Gasteiger charge is 2.19. The summed E-state index contributed by atoms with van der Waals surface area (Å²) in [6.07, 6.45) is 4.85. The van der Waals surface area contributed by atoms with Gasteiger partial charge in [0.25, 0.3) is 0 Å². The number of nitrogens with zero attached hydrogens (tertiary/aromatic N) is 2. The number of hydrogen-bond donors (Lipinski definition) is 1. The van der Waals surface area contributed by atoms with Gasteiger partial charge in [-0.3, -0.25) is 9.55 Å². The Morgan fingerprint density at radius 3 is 2.74 bits per heavy atom. The SMILES string of the molecule is Fc1cc(-c2ccc3c4cnccc4n(C(F)F)c3c2)cc2c1NCCC2. The van der Waals surface area contributed by atoms with E-state index in [1.165, 1.54) is 12.3 Å². The summed E-state index contributed by atoms with van der Waals surface area (Å²) in [6, 6.07) is 10.4. The van der Waals surface area contributed by atoms with Crippen molar-refractivity contribution in [1.82, 2.24) is 9.55 Å². The molecule has 1 N–H and O–H groups in total. The molecule has 1 aliphatic heterocycles. The van der Waals surface area contributed by atoms with E-state index in [0.717, 1.165) is 29.5 Å². The van der Waals surface area contributed by atoms with Crippen molar-refractivity contribution in [2.24, 2.45) is 0 Å². The Kier molecular flexibility index (Phi) is 3.60. The minimum Gasteiger partial charge on any atom is -0.382 e. The lowest BCUT2D eigenvalue weighted by Gasteiger charge is -2.19. The molecular formula is C21H16F3N3. The van der Waals surface area contributed by atoms with Gasteiger partial charge in [-0.1, -0.05) is 12.1 Å². The fourth-order valence-electron chi connectivity index (χ4n) is 4.00. The monoisotopic (exact) mass is 367 g/mol. The largest absolute Gasteiger partial charge is 0.382 e. The molecule has 136 valence electrons. The smallest absolute Gasteiger partial charge is 0.319 e. The van der Waals surface area contributed by atoms with Crippen molar-refractivity contribution in [1.29, 1.82) is 0 Å². The van der Waals surface area contributed by atoms with E-state index < -0.39 is 6.55 Å². The number of rotatable bonds is 2. The number of alkyl halides is 2. The predicted octanol–water partition coefficient (Wildman–Crippen LogP) is 5.75. The summed E-state index contributed by atoms with van der Waals surface area (Å²) in [5, 5.41) is 4.49. The first kappa shape index (κ1) is 16.2. The third-order valence-corrected chi connectivity index (χ3v) is 5.23. The molecule has 2 aromatic carbocycles. The molecule has 0 saturated carbocycles. The van der Waals surface area contributed by atoms with E-state index in [4.69, 9.17) is 0 Å². The molecule has 6 heteroatoms. The first-order chi connectivity index (χ1) is 13.1. The summed E-state index contributed by atoms with van der Waals surface area (Å²) in [6.45, 7) is -1.91. The normalized spacial score (nSPS) is 13.9. The van der Waals surface area contributed by atoms with Crippen LogP contribution in [0.25, 0.3) is 32.9 Å². The first-order valence-electron chi connectivity index (χ1n) is 8.86. The third-order valence-electron chi connectivity index (χ3n) is 5.23. The zero-order valence-corrected chi connectivity index (χ0v) is 14.3. The van der Waals surface area contributed by atoms with Crippen molar-refractivity contribution in [3.05, 3.63) is 60.2 Å². The predicted molar refractivity (Wildman–Crippen MR) is 101 cm³/mol. The summed E-state index contributed by atoms with van der Waals surface area (Å²) in [5.41, 5.74) is 3.75. The van der Waals surface area contributed by atoms with Crippen LogP contribution in [0, 0.1) is 5.82 Å². The lowest BCUT2D eigenvalue weighted by molar-refractivity contribution is 0.0796. The summed E-state index contributed by atoms with van der Waals surface area (Å²) in [4.78, 5) is 4.06. The van der Waals surface area contributed by atoms with Crippen molar-refractivity contribution in [3.63, 3.8) is 0 Å². The van der Waals surface area contributed by atoms with Crippen LogP contribution in [0.15, 0.2) is 48.8 Å². The second kappa shape index (κ2) is 6.01. The van der Waals surface area contributed by atoms with E-state index in [1.54, 1.807) is 18.3 Å². The average molecular weight is 367 g/mol. The van der Waals surface area contributed by atoms with Gasteiger partial charge in [-0.15, -0.1) is 0 Å². The Labute approximate surface area is 153 Å². The highest BCUT2D eigenvalue weighted by molar-refractivity contribution is 6.08. The maximum atomic E-state index is 14.5. The number of aryl methyl sites for hydroxylation is 1. The molecule has 4 aromatic rings. The quantitative estimate of drug-likeness (QED) is 0.489. The summed E-state index contributed by atoms with van der Waals surface area (Å²) in [5.74, 6) is -0.305. The number of nitrogens with one attached hydrogen (secondary N) is 1. The van der Waals surface area contributed by atoms with Gasteiger partial charge in [-0.05, 0) is 53.8 Å². The second-order valence-corrected chi connectivity index (χ2v) is 6.79. The number of aromatic nitrogens is 2. The molecule has 1 aliphatic rings. The minimum atomic E-state index is -2.67. The number of benzene rings is 2. The molecule has 3 heterocycles. The Bertz CT molecular complexity index is 1180. The van der Waals surface area contributed by atoms with Gasteiger partial charge in [0.15, 0.2) is 0 Å². The van der Waals surface area contributed by atoms with Crippen molar-refractivity contribution in [2.45, 2.75) is 19.4 Å². The number of hydrogen-bond acceptors (Lipinski definition) is 2. The van der Waals surface area contributed by atoms with Gasteiger partial charge in [0.05, 0.1) is 16.7 Å². The Hall–Kier alpha value is -3.02. The van der Waals surface area contributed by atoms with Gasteiger partial charge in [0.2, 0.25) is 0 Å². The Balaban J connectivity index is 1.75. The van der Waals surface area contributed by atoms with Crippen LogP contribution >= 0.6 is 0 Å². The van der Waals surface area contributed by atoms with E-state index in [2.05, 4.69) is 10.3 Å². The Morgan fingerprint density at radius 2 is 1.89 bits per heavy atom. The molecule has 0 amide bonds. The first-order valence-corrected chi connectivity index (χ1v) is 8.86. The fourth-order valence-corrected chi connectivity index (χ4v) is 4.00. The van der Waals surface area contributed by atoms with E-state index in [-0.39, 0.29) is 5.82 Å². The standard InChI is InChI=1S/C21H16F3N3/c22-17-9-14(8-13-2-1-6-26-20(13)17)12-3-4-15-16-11-25-7-5-18(16)27(21(23)24)19(15)10-12/h3-5,7-11,21,26H,1-2,6H2. The van der Waals surface area contributed by atoms with Gasteiger partial charge in [0, 0.05) is 29.7 Å². The van der Waals surface area contributed by atoms with E-state index in [0.29, 0.717) is 38.6 Å². The van der Waals surface area contributed by atoms with Gasteiger partial charge < -0.3 is 5.32 Å². The minimum absolute atomic E-state index is 0.305. The van der Waals surface area contributed by atoms with E-state index >= 15 is 0 Å². The fraction of sp³-hybridized carbons (Fsp3) is 0.190. The zero-order valence-electron chi connectivity index (χ0n) is 14.3. The third kappa shape index (κ3) is 2.47. The summed E-state index contributed by atoms with van der Waals surface area (Å²) in [7, 11) is 0. The van der Waals surface area contributed by atoms with Crippen LogP contribution in [0.1, 0.15) is 18.5 Å². The van der Waals surface area contributed by atoms with Crippen LogP contribution < -0.4 is 5.32 Å².